The van der Waals surface area contributed by atoms with Gasteiger partial charge in [-0.05, 0) is 174 Å². The van der Waals surface area contributed by atoms with Crippen LogP contribution in [-0.4, -0.2) is 34.6 Å². The molecule has 4 aliphatic rings. The highest BCUT2D eigenvalue weighted by atomic mass is 127. The number of hydrogen-bond acceptors (Lipinski definition) is 6. The van der Waals surface area contributed by atoms with E-state index in [0.717, 1.165) is 98.0 Å². The fraction of sp³-hybridized carbons (Fsp3) is 0.833. The van der Waals surface area contributed by atoms with Crippen molar-refractivity contribution in [2.45, 2.75) is 255 Å². The third kappa shape index (κ3) is 17.1. The Hall–Kier alpha value is -1.26. The Bertz CT molecular complexity index is 1880. The van der Waals surface area contributed by atoms with Gasteiger partial charge < -0.3 is 13.1 Å². The number of carboxylic acid groups (broad SMARTS) is 1. The minimum atomic E-state index is -4.09. The molecular weight excluding hydrogens is 1010 g/mol. The van der Waals surface area contributed by atoms with Crippen molar-refractivity contribution >= 4 is 42.8 Å². The number of aryl methyl sites for hydroxylation is 1. The Morgan fingerprint density at radius 2 is 1.29 bits per heavy atom. The highest BCUT2D eigenvalue weighted by Gasteiger charge is 2.59. The van der Waals surface area contributed by atoms with Crippen molar-refractivity contribution in [2.24, 2.45) is 57.2 Å². The van der Waals surface area contributed by atoms with Crippen molar-refractivity contribution < 1.29 is 36.3 Å². The molecule has 4 aliphatic carbocycles. The molecule has 0 bridgehead atoms. The molecule has 0 saturated heterocycles. The third-order valence-electron chi connectivity index (χ3n) is 18.5. The van der Waals surface area contributed by atoms with Gasteiger partial charge in [0.25, 0.3) is 0 Å². The Morgan fingerprint density at radius 3 is 1.86 bits per heavy atom. The minimum absolute atomic E-state index is 0.192. The molecule has 0 radical (unpaired) electrons. The maximum absolute atomic E-state index is 13.1. The van der Waals surface area contributed by atoms with Gasteiger partial charge in [0.05, 0.1) is 23.5 Å². The van der Waals surface area contributed by atoms with Gasteiger partial charge in [-0.25, -0.2) is 4.57 Å². The summed E-state index contributed by atoms with van der Waals surface area (Å²) in [6, 6.07) is 6.42. The summed E-state index contributed by atoms with van der Waals surface area (Å²) in [4.78, 5) is 35.0. The summed E-state index contributed by atoms with van der Waals surface area (Å²) in [6.07, 6.45) is 35.7. The van der Waals surface area contributed by atoms with Crippen LogP contribution >= 0.6 is 30.8 Å². The van der Waals surface area contributed by atoms with E-state index in [-0.39, 0.29) is 24.1 Å². The summed E-state index contributed by atoms with van der Waals surface area (Å²) in [7, 11) is -4.09. The van der Waals surface area contributed by atoms with Crippen LogP contribution in [-0.2, 0) is 45.5 Å². The van der Waals surface area contributed by atoms with E-state index in [1.54, 1.807) is 36.9 Å². The fourth-order valence-corrected chi connectivity index (χ4v) is 15.9. The molecule has 3 fully saturated rings. The zero-order chi connectivity index (χ0) is 51.2. The van der Waals surface area contributed by atoms with Gasteiger partial charge in [-0.1, -0.05) is 167 Å². The fourth-order valence-electron chi connectivity index (χ4n) is 14.3. The van der Waals surface area contributed by atoms with E-state index in [4.69, 9.17) is 12.1 Å². The molecule has 0 aliphatic heterocycles. The van der Waals surface area contributed by atoms with Crippen LogP contribution in [0.1, 0.15) is 246 Å². The normalized spacial score (nSPS) is 27.0. The van der Waals surface area contributed by atoms with E-state index >= 15 is 0 Å². The van der Waals surface area contributed by atoms with E-state index in [1.165, 1.54) is 133 Å². The second-order valence-electron chi connectivity index (χ2n) is 25.6. The van der Waals surface area contributed by atoms with E-state index in [9.17, 15) is 24.2 Å². The van der Waals surface area contributed by atoms with Crippen LogP contribution in [0.4, 0.5) is 0 Å². The van der Waals surface area contributed by atoms with Gasteiger partial charge in [0.1, 0.15) is 0 Å². The van der Waals surface area contributed by atoms with Crippen LogP contribution in [0, 0.1) is 57.2 Å². The third-order valence-corrected chi connectivity index (χ3v) is 20.0. The molecule has 3 saturated carbocycles. The molecule has 2 N–H and O–H groups in total. The molecule has 6 unspecified atom stereocenters. The van der Waals surface area contributed by atoms with E-state index in [2.05, 4.69) is 58.9 Å². The largest absolute Gasteiger partial charge is 0.481 e. The Morgan fingerprint density at radius 1 is 0.729 bits per heavy atom. The van der Waals surface area contributed by atoms with Crippen molar-refractivity contribution in [3.63, 3.8) is 0 Å². The second kappa shape index (κ2) is 27.5. The molecule has 9 atom stereocenters. The maximum atomic E-state index is 13.1. The van der Waals surface area contributed by atoms with Crippen LogP contribution < -0.4 is 0 Å². The first-order valence-electron chi connectivity index (χ1n) is 28.6. The number of allylic oxidation sites excluding steroid dienone is 1. The Labute approximate surface area is 441 Å². The lowest BCUT2D eigenvalue weighted by Crippen LogP contribution is -2.51. The van der Waals surface area contributed by atoms with Gasteiger partial charge in [0.15, 0.2) is 23.0 Å². The molecule has 1 aromatic carbocycles. The zero-order valence-corrected chi connectivity index (χ0v) is 48.8. The van der Waals surface area contributed by atoms with Crippen molar-refractivity contribution in [1.82, 2.24) is 0 Å². The van der Waals surface area contributed by atoms with Crippen LogP contribution in [0.5, 0.6) is 0 Å². The van der Waals surface area contributed by atoms with Gasteiger partial charge in [-0.15, -0.1) is 0 Å². The van der Waals surface area contributed by atoms with Crippen molar-refractivity contribution in [1.29, 1.82) is 0 Å². The quantitative estimate of drug-likeness (QED) is 0.0317. The molecule has 0 heterocycles. The molecule has 0 aromatic heterocycles. The first-order valence-corrected chi connectivity index (χ1v) is 31.0. The number of unbranched alkanes of at least 4 members (excludes halogenated alkanes) is 14. The molecular formula is C60H100IO8P. The average molecular weight is 1110 g/mol. The highest BCUT2D eigenvalue weighted by Crippen LogP contribution is 2.68. The number of phosphoric ester groups is 1. The minimum Gasteiger partial charge on any atom is -0.481 e. The lowest BCUT2D eigenvalue weighted by atomic mass is 9.47. The molecule has 1 aromatic rings. The molecule has 10 heteroatoms. The first kappa shape index (κ1) is 59.6. The van der Waals surface area contributed by atoms with Crippen molar-refractivity contribution in [2.75, 3.05) is 6.61 Å². The molecule has 5 rings (SSSR count). The van der Waals surface area contributed by atoms with Gasteiger partial charge in [-0.2, -0.15) is 0 Å². The number of aliphatic carboxylic acids is 1. The molecule has 0 amide bonds. The predicted molar refractivity (Wildman–Crippen MR) is 296 cm³/mol. The second-order valence-corrected chi connectivity index (χ2v) is 27.4. The Balaban J connectivity index is 0.874. The smallest absolute Gasteiger partial charge is 0.472 e. The number of rotatable bonds is 32. The summed E-state index contributed by atoms with van der Waals surface area (Å²) >= 11 is 1.65. The highest BCUT2D eigenvalue weighted by molar-refractivity contribution is 14.1. The lowest BCUT2D eigenvalue weighted by Gasteiger charge is -2.58. The average Bonchev–Trinajstić information content (AvgIpc) is 3.65. The number of phosphoric acid groups is 1. The summed E-state index contributed by atoms with van der Waals surface area (Å²) in [5.74, 6) is 3.79. The number of benzene rings is 1. The van der Waals surface area contributed by atoms with Crippen molar-refractivity contribution in [3.05, 3.63) is 46.5 Å². The zero-order valence-electron chi connectivity index (χ0n) is 45.7. The molecule has 8 nitrogen and oxygen atoms in total. The van der Waals surface area contributed by atoms with E-state index in [0.29, 0.717) is 18.3 Å². The van der Waals surface area contributed by atoms with Gasteiger partial charge >= 0.3 is 19.8 Å². The summed E-state index contributed by atoms with van der Waals surface area (Å²) in [5.41, 5.74) is 3.93. The first-order chi connectivity index (χ1) is 33.1. The number of halogens is 1. The summed E-state index contributed by atoms with van der Waals surface area (Å²) in [6.45, 7) is 20.1. The predicted octanol–water partition coefficient (Wildman–Crippen LogP) is 17.7. The number of carbonyl (C=O) groups excluding carboxylic acids is 1. The lowest BCUT2D eigenvalue weighted by molar-refractivity contribution is -0.146. The monoisotopic (exact) mass is 1110 g/mol. The number of fused-ring (bicyclic) bond motifs is 5. The molecule has 400 valence electrons. The number of carboxylic acids is 1. The van der Waals surface area contributed by atoms with Crippen LogP contribution in [0.3, 0.4) is 0 Å². The van der Waals surface area contributed by atoms with E-state index < -0.39 is 24.6 Å². The summed E-state index contributed by atoms with van der Waals surface area (Å²) in [5, 5.41) is 9.74. The number of carbonyl (C=O) groups is 2. The van der Waals surface area contributed by atoms with Gasteiger partial charge in [0.2, 0.25) is 0 Å². The van der Waals surface area contributed by atoms with Gasteiger partial charge in [0, 0.05) is 0 Å². The number of hydrogen-bond donors (Lipinski definition) is 2. The van der Waals surface area contributed by atoms with Crippen LogP contribution in [0.15, 0.2) is 29.8 Å². The topological polar surface area (TPSA) is 119 Å². The van der Waals surface area contributed by atoms with Crippen molar-refractivity contribution in [3.8, 4) is 0 Å². The van der Waals surface area contributed by atoms with Crippen LogP contribution in [0.25, 0.3) is 0 Å². The SMILES string of the molecule is CC(C)CCCC(C)C1CCC2C3CC=C4C[C@@H](OP(=O)(O)OCCCCCCCCCCCCCCCCCc5cc(CC(C)(C)C(=O)O)cc(CC(C)(C)C(=O)OI)c5)CC[C@]4(C)C3CC[C@]12C. The summed E-state index contributed by atoms with van der Waals surface area (Å²) < 4.78 is 29.5. The van der Waals surface area contributed by atoms with E-state index in [1.807, 2.05) is 13.8 Å². The Kier molecular flexibility index (Phi) is 23.4. The maximum Gasteiger partial charge on any atom is 0.472 e. The van der Waals surface area contributed by atoms with Crippen LogP contribution in [0.2, 0.25) is 0 Å². The molecule has 0 spiro atoms. The standard InChI is InChI=1S/C60H100IO8P/c1-44(2)26-25-27-45(3)52-31-32-53-51-30-29-49-41-50(33-35-59(49,8)54(51)34-36-60(52,53)9)69-70(65,66)67-37-24-22-20-18-16-14-12-10-11-13-15-17-19-21-23-28-46-38-47(42-57(4,5)55(62)63)40-48(39-46)43-58(6,7)56(64)68-61/h29,38-40,44-45,50-54H,10-28,30-37,41-43H2,1-9H3,(H,62,63)(H,65,66)/t45?,50-,51?,52?,53?,54?,59-,60+/m0/s1. The van der Waals surface area contributed by atoms with Gasteiger partial charge in [-0.3, -0.25) is 18.6 Å². The molecule has 70 heavy (non-hydrogen) atoms.